The Bertz CT molecular complexity index is 1290. The lowest BCUT2D eigenvalue weighted by atomic mass is 10.0. The van der Waals surface area contributed by atoms with E-state index in [2.05, 4.69) is 10.3 Å². The summed E-state index contributed by atoms with van der Waals surface area (Å²) in [4.78, 5) is 17.4. The Balaban J connectivity index is 1.41. The molecule has 0 fully saturated rings. The van der Waals surface area contributed by atoms with Gasteiger partial charge in [0, 0.05) is 5.56 Å². The maximum Gasteiger partial charge on any atom is 0.255 e. The molecule has 0 unspecified atom stereocenters. The van der Waals surface area contributed by atoms with E-state index in [-0.39, 0.29) is 5.91 Å². The molecular formula is C26H18N2O2. The number of anilines is 1. The molecule has 0 saturated heterocycles. The molecule has 0 bridgehead atoms. The molecular weight excluding hydrogens is 372 g/mol. The molecule has 0 aliphatic carbocycles. The summed E-state index contributed by atoms with van der Waals surface area (Å²) in [7, 11) is 0. The van der Waals surface area contributed by atoms with Gasteiger partial charge >= 0.3 is 0 Å². The van der Waals surface area contributed by atoms with E-state index < -0.39 is 0 Å². The second-order valence-electron chi connectivity index (χ2n) is 6.93. The highest BCUT2D eigenvalue weighted by molar-refractivity contribution is 6.06. The molecule has 144 valence electrons. The van der Waals surface area contributed by atoms with Crippen LogP contribution in [0.5, 0.6) is 0 Å². The summed E-state index contributed by atoms with van der Waals surface area (Å²) in [6.45, 7) is 0. The molecule has 1 N–H and O–H groups in total. The summed E-state index contributed by atoms with van der Waals surface area (Å²) < 4.78 is 5.88. The molecule has 5 rings (SSSR count). The number of fused-ring (bicyclic) bond motifs is 1. The molecule has 30 heavy (non-hydrogen) atoms. The van der Waals surface area contributed by atoms with Gasteiger partial charge in [-0.1, -0.05) is 66.7 Å². The average Bonchev–Trinajstić information content (AvgIpc) is 3.24. The van der Waals surface area contributed by atoms with Crippen LogP contribution >= 0.6 is 0 Å². The van der Waals surface area contributed by atoms with Gasteiger partial charge in [0.25, 0.3) is 5.91 Å². The lowest BCUT2D eigenvalue weighted by molar-refractivity contribution is 0.102. The maximum absolute atomic E-state index is 12.9. The van der Waals surface area contributed by atoms with E-state index in [1.54, 1.807) is 0 Å². The minimum absolute atomic E-state index is 0.182. The van der Waals surface area contributed by atoms with Gasteiger partial charge in [-0.25, -0.2) is 4.98 Å². The Hall–Kier alpha value is -4.18. The van der Waals surface area contributed by atoms with E-state index in [0.717, 1.165) is 22.2 Å². The van der Waals surface area contributed by atoms with Gasteiger partial charge in [-0.05, 0) is 47.5 Å². The topological polar surface area (TPSA) is 55.1 Å². The van der Waals surface area contributed by atoms with Crippen LogP contribution in [-0.4, -0.2) is 10.9 Å². The zero-order valence-corrected chi connectivity index (χ0v) is 16.1. The quantitative estimate of drug-likeness (QED) is 0.385. The Morgan fingerprint density at radius 1 is 0.700 bits per heavy atom. The Morgan fingerprint density at radius 3 is 2.17 bits per heavy atom. The number of oxazole rings is 1. The highest BCUT2D eigenvalue weighted by Crippen LogP contribution is 2.30. The Morgan fingerprint density at radius 2 is 1.37 bits per heavy atom. The normalized spacial score (nSPS) is 10.8. The molecule has 0 saturated carbocycles. The van der Waals surface area contributed by atoms with Crippen LogP contribution in [0.15, 0.2) is 108 Å². The minimum Gasteiger partial charge on any atom is -0.436 e. The molecule has 0 aliphatic rings. The first-order valence-electron chi connectivity index (χ1n) is 9.70. The van der Waals surface area contributed by atoms with E-state index >= 15 is 0 Å². The first-order chi connectivity index (χ1) is 14.8. The van der Waals surface area contributed by atoms with E-state index in [1.165, 1.54) is 0 Å². The number of carbonyl (C=O) groups is 1. The van der Waals surface area contributed by atoms with Crippen LogP contribution in [0.3, 0.4) is 0 Å². The third kappa shape index (κ3) is 3.47. The summed E-state index contributed by atoms with van der Waals surface area (Å²) >= 11 is 0. The van der Waals surface area contributed by atoms with Crippen molar-refractivity contribution in [2.75, 3.05) is 5.32 Å². The van der Waals surface area contributed by atoms with Gasteiger partial charge < -0.3 is 9.73 Å². The zero-order chi connectivity index (χ0) is 20.3. The van der Waals surface area contributed by atoms with Gasteiger partial charge in [-0.2, -0.15) is 0 Å². The summed E-state index contributed by atoms with van der Waals surface area (Å²) in [5, 5.41) is 2.99. The molecule has 4 nitrogen and oxygen atoms in total. The van der Waals surface area contributed by atoms with Crippen molar-refractivity contribution in [1.29, 1.82) is 0 Å². The number of para-hydroxylation sites is 3. The fourth-order valence-electron chi connectivity index (χ4n) is 3.41. The second-order valence-corrected chi connectivity index (χ2v) is 6.93. The van der Waals surface area contributed by atoms with Crippen LogP contribution in [0, 0.1) is 0 Å². The largest absolute Gasteiger partial charge is 0.436 e. The summed E-state index contributed by atoms with van der Waals surface area (Å²) in [5.41, 5.74) is 5.66. The number of rotatable bonds is 4. The molecule has 0 radical (unpaired) electrons. The number of hydrogen-bond donors (Lipinski definition) is 1. The number of carbonyl (C=O) groups excluding carboxylic acids is 1. The Kier molecular flexibility index (Phi) is 4.58. The van der Waals surface area contributed by atoms with Crippen molar-refractivity contribution >= 4 is 22.7 Å². The van der Waals surface area contributed by atoms with Gasteiger partial charge in [0.05, 0.1) is 11.3 Å². The SMILES string of the molecule is O=C(Nc1ccccc1-c1nc2ccccc2o1)c1ccc(-c2ccccc2)cc1. The molecule has 1 aromatic heterocycles. The monoisotopic (exact) mass is 390 g/mol. The van der Waals surface area contributed by atoms with Crippen molar-refractivity contribution in [2.24, 2.45) is 0 Å². The fraction of sp³-hybridized carbons (Fsp3) is 0. The third-order valence-electron chi connectivity index (χ3n) is 4.95. The average molecular weight is 390 g/mol. The van der Waals surface area contributed by atoms with Crippen molar-refractivity contribution in [3.8, 4) is 22.6 Å². The maximum atomic E-state index is 12.9. The van der Waals surface area contributed by atoms with Gasteiger partial charge in [0.1, 0.15) is 5.52 Å². The van der Waals surface area contributed by atoms with Crippen molar-refractivity contribution in [1.82, 2.24) is 4.98 Å². The number of benzene rings is 4. The Labute approximate surface area is 173 Å². The van der Waals surface area contributed by atoms with Gasteiger partial charge in [-0.3, -0.25) is 4.79 Å². The van der Waals surface area contributed by atoms with Crippen molar-refractivity contribution < 1.29 is 9.21 Å². The van der Waals surface area contributed by atoms with Crippen LogP contribution in [0.1, 0.15) is 10.4 Å². The van der Waals surface area contributed by atoms with Crippen LogP contribution in [-0.2, 0) is 0 Å². The summed E-state index contributed by atoms with van der Waals surface area (Å²) in [6, 6.07) is 32.8. The number of hydrogen-bond acceptors (Lipinski definition) is 3. The number of nitrogens with one attached hydrogen (secondary N) is 1. The smallest absolute Gasteiger partial charge is 0.255 e. The molecule has 1 amide bonds. The summed E-state index contributed by atoms with van der Waals surface area (Å²) in [5.74, 6) is 0.296. The van der Waals surface area contributed by atoms with E-state index in [0.29, 0.717) is 22.7 Å². The molecule has 0 atom stereocenters. The van der Waals surface area contributed by atoms with Gasteiger partial charge in [-0.15, -0.1) is 0 Å². The number of nitrogens with zero attached hydrogens (tertiary/aromatic N) is 1. The molecule has 1 heterocycles. The first kappa shape index (κ1) is 17.9. The molecule has 4 heteroatoms. The molecule has 5 aromatic rings. The van der Waals surface area contributed by atoms with Crippen molar-refractivity contribution in [3.05, 3.63) is 109 Å². The minimum atomic E-state index is -0.182. The highest BCUT2D eigenvalue weighted by Gasteiger charge is 2.14. The second kappa shape index (κ2) is 7.68. The van der Waals surface area contributed by atoms with E-state index in [1.807, 2.05) is 103 Å². The number of amides is 1. The first-order valence-corrected chi connectivity index (χ1v) is 9.70. The standard InChI is InChI=1S/C26H18N2O2/c29-25(20-16-14-19(15-17-20)18-8-2-1-3-9-18)27-22-11-5-4-10-21(22)26-28-23-12-6-7-13-24(23)30-26/h1-17H,(H,27,29). The molecule has 4 aromatic carbocycles. The van der Waals surface area contributed by atoms with E-state index in [9.17, 15) is 4.79 Å². The van der Waals surface area contributed by atoms with Crippen LogP contribution in [0.4, 0.5) is 5.69 Å². The van der Waals surface area contributed by atoms with Gasteiger partial charge in [0.15, 0.2) is 5.58 Å². The molecule has 0 aliphatic heterocycles. The van der Waals surface area contributed by atoms with Crippen LogP contribution in [0.2, 0.25) is 0 Å². The summed E-state index contributed by atoms with van der Waals surface area (Å²) in [6.07, 6.45) is 0. The fourth-order valence-corrected chi connectivity index (χ4v) is 3.41. The predicted molar refractivity (Wildman–Crippen MR) is 119 cm³/mol. The lowest BCUT2D eigenvalue weighted by Crippen LogP contribution is -2.12. The van der Waals surface area contributed by atoms with Crippen LogP contribution in [0.25, 0.3) is 33.7 Å². The lowest BCUT2D eigenvalue weighted by Gasteiger charge is -2.09. The zero-order valence-electron chi connectivity index (χ0n) is 16.1. The highest BCUT2D eigenvalue weighted by atomic mass is 16.3. The van der Waals surface area contributed by atoms with Crippen LogP contribution < -0.4 is 5.32 Å². The van der Waals surface area contributed by atoms with Crippen molar-refractivity contribution in [3.63, 3.8) is 0 Å². The van der Waals surface area contributed by atoms with Crippen molar-refractivity contribution in [2.45, 2.75) is 0 Å². The predicted octanol–water partition coefficient (Wildman–Crippen LogP) is 6.41. The molecule has 0 spiro atoms. The third-order valence-corrected chi connectivity index (χ3v) is 4.95. The van der Waals surface area contributed by atoms with E-state index in [4.69, 9.17) is 4.42 Å². The van der Waals surface area contributed by atoms with Gasteiger partial charge in [0.2, 0.25) is 5.89 Å². The number of aromatic nitrogens is 1.